The Balaban J connectivity index is 1.30. The van der Waals surface area contributed by atoms with Crippen LogP contribution >= 0.6 is 0 Å². The predicted molar refractivity (Wildman–Crippen MR) is 194 cm³/mol. The van der Waals surface area contributed by atoms with Crippen LogP contribution in [0.5, 0.6) is 0 Å². The maximum Gasteiger partial charge on any atom is 0.137 e. The fourth-order valence-corrected chi connectivity index (χ4v) is 6.81. The normalized spacial score (nSPS) is 11.5. The van der Waals surface area contributed by atoms with Crippen LogP contribution in [0.4, 0.5) is 17.1 Å². The molecule has 0 radical (unpaired) electrons. The summed E-state index contributed by atoms with van der Waals surface area (Å²) in [6, 6.07) is 62.9. The highest BCUT2D eigenvalue weighted by atomic mass is 16.3. The van der Waals surface area contributed by atoms with E-state index in [0.29, 0.717) is 0 Å². The van der Waals surface area contributed by atoms with E-state index in [1.54, 1.807) is 0 Å². The van der Waals surface area contributed by atoms with Crippen LogP contribution in [0.2, 0.25) is 0 Å². The number of fused-ring (bicyclic) bond motifs is 5. The Morgan fingerprint density at radius 1 is 0.348 bits per heavy atom. The molecule has 0 fully saturated rings. The summed E-state index contributed by atoms with van der Waals surface area (Å²) in [5.74, 6) is 0. The third-order valence-corrected chi connectivity index (χ3v) is 9.02. The van der Waals surface area contributed by atoms with Crippen molar-refractivity contribution in [1.29, 1.82) is 0 Å². The maximum atomic E-state index is 6.36. The largest absolute Gasteiger partial charge is 0.456 e. The van der Waals surface area contributed by atoms with E-state index in [2.05, 4.69) is 169 Å². The van der Waals surface area contributed by atoms with E-state index in [9.17, 15) is 0 Å². The SMILES string of the molecule is c1ccc(N(c2ccc3c(c2)oc2ccccc23)c2ccccc2-c2cc3ccccc3cc2-c2ccc3ccccc3c2)cc1. The van der Waals surface area contributed by atoms with Gasteiger partial charge in [-0.2, -0.15) is 0 Å². The van der Waals surface area contributed by atoms with Crippen LogP contribution in [0.3, 0.4) is 0 Å². The van der Waals surface area contributed by atoms with Crippen LogP contribution in [0.25, 0.3) is 65.7 Å². The number of anilines is 3. The highest BCUT2D eigenvalue weighted by Gasteiger charge is 2.21. The molecule has 0 aliphatic rings. The van der Waals surface area contributed by atoms with Gasteiger partial charge in [0.05, 0.1) is 5.69 Å². The van der Waals surface area contributed by atoms with Gasteiger partial charge in [-0.1, -0.05) is 115 Å². The third kappa shape index (κ3) is 4.43. The number of hydrogen-bond acceptors (Lipinski definition) is 2. The van der Waals surface area contributed by atoms with Crippen LogP contribution in [0.15, 0.2) is 180 Å². The molecule has 1 heterocycles. The number of rotatable bonds is 5. The average Bonchev–Trinajstić information content (AvgIpc) is 3.50. The van der Waals surface area contributed by atoms with Crippen molar-refractivity contribution in [2.45, 2.75) is 0 Å². The van der Waals surface area contributed by atoms with Gasteiger partial charge in [0.1, 0.15) is 11.2 Å². The molecule has 2 heteroatoms. The molecule has 0 amide bonds. The van der Waals surface area contributed by atoms with Gasteiger partial charge in [0.15, 0.2) is 0 Å². The van der Waals surface area contributed by atoms with Gasteiger partial charge in [0, 0.05) is 33.8 Å². The molecule has 9 aromatic rings. The molecule has 0 bridgehead atoms. The molecule has 0 saturated heterocycles. The molecule has 1 aromatic heterocycles. The molecule has 0 atom stereocenters. The number of nitrogens with zero attached hydrogens (tertiary/aromatic N) is 1. The molecule has 0 spiro atoms. The zero-order valence-electron chi connectivity index (χ0n) is 25.1. The van der Waals surface area contributed by atoms with Crippen molar-refractivity contribution >= 4 is 60.5 Å². The lowest BCUT2D eigenvalue weighted by atomic mass is 9.89. The molecule has 0 N–H and O–H groups in total. The highest BCUT2D eigenvalue weighted by molar-refractivity contribution is 6.07. The lowest BCUT2D eigenvalue weighted by Crippen LogP contribution is -2.11. The number of para-hydroxylation sites is 3. The molecule has 46 heavy (non-hydrogen) atoms. The van der Waals surface area contributed by atoms with Gasteiger partial charge in [-0.3, -0.25) is 0 Å². The summed E-state index contributed by atoms with van der Waals surface area (Å²) >= 11 is 0. The summed E-state index contributed by atoms with van der Waals surface area (Å²) in [7, 11) is 0. The summed E-state index contributed by atoms with van der Waals surface area (Å²) in [5, 5.41) is 7.16. The highest BCUT2D eigenvalue weighted by Crippen LogP contribution is 2.46. The van der Waals surface area contributed by atoms with Crippen LogP contribution in [-0.2, 0) is 0 Å². The number of hydrogen-bond donors (Lipinski definition) is 0. The van der Waals surface area contributed by atoms with Crippen molar-refractivity contribution in [3.63, 3.8) is 0 Å². The van der Waals surface area contributed by atoms with E-state index in [-0.39, 0.29) is 0 Å². The number of benzene rings is 8. The topological polar surface area (TPSA) is 16.4 Å². The maximum absolute atomic E-state index is 6.36. The van der Waals surface area contributed by atoms with E-state index in [0.717, 1.165) is 44.6 Å². The van der Waals surface area contributed by atoms with Crippen molar-refractivity contribution in [2.75, 3.05) is 4.90 Å². The molecule has 2 nitrogen and oxygen atoms in total. The van der Waals surface area contributed by atoms with Gasteiger partial charge in [0.2, 0.25) is 0 Å². The fraction of sp³-hybridized carbons (Fsp3) is 0. The fourth-order valence-electron chi connectivity index (χ4n) is 6.81. The molecule has 9 rings (SSSR count). The third-order valence-electron chi connectivity index (χ3n) is 9.02. The lowest BCUT2D eigenvalue weighted by Gasteiger charge is -2.28. The smallest absolute Gasteiger partial charge is 0.137 e. The van der Waals surface area contributed by atoms with Crippen molar-refractivity contribution < 1.29 is 4.42 Å². The second kappa shape index (κ2) is 10.8. The van der Waals surface area contributed by atoms with Crippen LogP contribution < -0.4 is 4.90 Å². The first-order chi connectivity index (χ1) is 22.8. The molecule has 216 valence electrons. The Morgan fingerprint density at radius 3 is 1.80 bits per heavy atom. The minimum absolute atomic E-state index is 0.875. The Morgan fingerprint density at radius 2 is 0.978 bits per heavy atom. The van der Waals surface area contributed by atoms with Crippen molar-refractivity contribution in [3.05, 3.63) is 176 Å². The monoisotopic (exact) mass is 587 g/mol. The van der Waals surface area contributed by atoms with Gasteiger partial charge >= 0.3 is 0 Å². The van der Waals surface area contributed by atoms with E-state index < -0.39 is 0 Å². The van der Waals surface area contributed by atoms with Crippen molar-refractivity contribution in [1.82, 2.24) is 0 Å². The molecule has 0 aliphatic carbocycles. The van der Waals surface area contributed by atoms with E-state index in [1.165, 1.54) is 38.2 Å². The van der Waals surface area contributed by atoms with Gasteiger partial charge in [-0.25, -0.2) is 0 Å². The summed E-state index contributed by atoms with van der Waals surface area (Å²) in [5.41, 5.74) is 9.75. The van der Waals surface area contributed by atoms with E-state index in [4.69, 9.17) is 4.42 Å². The lowest BCUT2D eigenvalue weighted by molar-refractivity contribution is 0.669. The first-order valence-corrected chi connectivity index (χ1v) is 15.7. The van der Waals surface area contributed by atoms with E-state index >= 15 is 0 Å². The van der Waals surface area contributed by atoms with Crippen LogP contribution in [-0.4, -0.2) is 0 Å². The van der Waals surface area contributed by atoms with Crippen LogP contribution in [0, 0.1) is 0 Å². The zero-order chi connectivity index (χ0) is 30.5. The Labute approximate surface area is 267 Å². The summed E-state index contributed by atoms with van der Waals surface area (Å²) in [6.07, 6.45) is 0. The second-order valence-corrected chi connectivity index (χ2v) is 11.8. The van der Waals surface area contributed by atoms with E-state index in [1.807, 2.05) is 12.1 Å². The van der Waals surface area contributed by atoms with Gasteiger partial charge < -0.3 is 9.32 Å². The molecule has 0 saturated carbocycles. The Kier molecular flexibility index (Phi) is 6.17. The molecular weight excluding hydrogens is 558 g/mol. The minimum atomic E-state index is 0.875. The summed E-state index contributed by atoms with van der Waals surface area (Å²) in [6.45, 7) is 0. The first kappa shape index (κ1) is 26.3. The predicted octanol–water partition coefficient (Wildman–Crippen LogP) is 12.7. The molecule has 8 aromatic carbocycles. The zero-order valence-corrected chi connectivity index (χ0v) is 25.1. The van der Waals surface area contributed by atoms with Crippen molar-refractivity contribution in [3.8, 4) is 22.3 Å². The minimum Gasteiger partial charge on any atom is -0.456 e. The van der Waals surface area contributed by atoms with Gasteiger partial charge in [0.25, 0.3) is 0 Å². The second-order valence-electron chi connectivity index (χ2n) is 11.8. The van der Waals surface area contributed by atoms with Gasteiger partial charge in [-0.05, 0) is 92.8 Å². The first-order valence-electron chi connectivity index (χ1n) is 15.7. The summed E-state index contributed by atoms with van der Waals surface area (Å²) < 4.78 is 6.36. The van der Waals surface area contributed by atoms with Gasteiger partial charge in [-0.15, -0.1) is 0 Å². The number of furan rings is 1. The van der Waals surface area contributed by atoms with Crippen molar-refractivity contribution in [2.24, 2.45) is 0 Å². The average molecular weight is 588 g/mol. The van der Waals surface area contributed by atoms with Crippen LogP contribution in [0.1, 0.15) is 0 Å². The molecular formula is C44H29NO. The Hall–Kier alpha value is -6.12. The molecule has 0 unspecified atom stereocenters. The summed E-state index contributed by atoms with van der Waals surface area (Å²) in [4.78, 5) is 2.35. The Bertz CT molecular complexity index is 2540. The standard InChI is InChI=1S/C44H29NO/c1-2-16-35(17-3-1)45(36-24-25-39-38-19-9-11-21-43(38)46-44(39)29-36)42-20-10-8-18-37(42)41-28-33-15-7-6-14-32(33)27-40(41)34-23-22-30-12-4-5-13-31(30)26-34/h1-29H. The molecule has 0 aliphatic heterocycles. The quantitative estimate of drug-likeness (QED) is 0.199.